The third-order valence-corrected chi connectivity index (χ3v) is 5.08. The largest absolute Gasteiger partial charge is 0.504 e. The molecule has 2 aromatic rings. The first-order valence-corrected chi connectivity index (χ1v) is 8.77. The molecule has 158 valence electrons. The molecule has 0 aromatic heterocycles. The Labute approximate surface area is 171 Å². The average Bonchev–Trinajstić information content (AvgIpc) is 2.72. The normalized spacial score (nSPS) is 17.5. The minimum atomic E-state index is -1.49. The van der Waals surface area contributed by atoms with Crippen LogP contribution in [0, 0.1) is 5.92 Å². The fourth-order valence-corrected chi connectivity index (χ4v) is 3.78. The van der Waals surface area contributed by atoms with Gasteiger partial charge < -0.3 is 34.6 Å². The molecule has 9 nitrogen and oxygen atoms in total. The van der Waals surface area contributed by atoms with Crippen molar-refractivity contribution in [1.29, 1.82) is 0 Å². The van der Waals surface area contributed by atoms with Crippen LogP contribution in [-0.4, -0.2) is 53.7 Å². The van der Waals surface area contributed by atoms with E-state index in [2.05, 4.69) is 0 Å². The van der Waals surface area contributed by atoms with Crippen molar-refractivity contribution in [2.45, 2.75) is 5.92 Å². The Morgan fingerprint density at radius 3 is 2.13 bits per heavy atom. The molecule has 4 N–H and O–H groups in total. The molecule has 9 heteroatoms. The lowest BCUT2D eigenvalue weighted by Crippen LogP contribution is -2.31. The number of aliphatic carboxylic acids is 2. The summed E-state index contributed by atoms with van der Waals surface area (Å²) in [7, 11) is 3.96. The van der Waals surface area contributed by atoms with Gasteiger partial charge in [0.05, 0.1) is 32.8 Å². The second-order valence-corrected chi connectivity index (χ2v) is 6.59. The van der Waals surface area contributed by atoms with Crippen LogP contribution in [0.1, 0.15) is 22.6 Å². The van der Waals surface area contributed by atoms with Gasteiger partial charge in [0.25, 0.3) is 0 Å². The van der Waals surface area contributed by atoms with Crippen LogP contribution >= 0.6 is 0 Å². The van der Waals surface area contributed by atoms with Crippen LogP contribution in [0.4, 0.5) is 0 Å². The molecule has 2 aromatic carbocycles. The van der Waals surface area contributed by atoms with Crippen molar-refractivity contribution in [2.75, 3.05) is 21.3 Å². The third kappa shape index (κ3) is 3.24. The Bertz CT molecular complexity index is 1050. The number of phenolic OH excluding ortho intramolecular Hbond substituents is 2. The van der Waals surface area contributed by atoms with Crippen molar-refractivity contribution in [3.8, 4) is 28.7 Å². The maximum Gasteiger partial charge on any atom is 0.332 e. The maximum atomic E-state index is 12.2. The summed E-state index contributed by atoms with van der Waals surface area (Å²) in [6.07, 6.45) is 1.23. The van der Waals surface area contributed by atoms with E-state index < -0.39 is 23.8 Å². The van der Waals surface area contributed by atoms with E-state index in [9.17, 15) is 30.0 Å². The number of hydrogen-bond acceptors (Lipinski definition) is 7. The molecule has 0 radical (unpaired) electrons. The Kier molecular flexibility index (Phi) is 5.46. The highest BCUT2D eigenvalue weighted by atomic mass is 16.5. The molecule has 0 unspecified atom stereocenters. The van der Waals surface area contributed by atoms with Gasteiger partial charge in [-0.05, 0) is 35.4 Å². The zero-order valence-electron chi connectivity index (χ0n) is 16.4. The summed E-state index contributed by atoms with van der Waals surface area (Å²) in [4.78, 5) is 24.1. The molecule has 0 heterocycles. The van der Waals surface area contributed by atoms with Gasteiger partial charge >= 0.3 is 11.9 Å². The van der Waals surface area contributed by atoms with Crippen LogP contribution in [0.15, 0.2) is 29.8 Å². The number of carbonyl (C=O) groups is 2. The number of hydrogen-bond donors (Lipinski definition) is 4. The quantitative estimate of drug-likeness (QED) is 0.558. The topological polar surface area (TPSA) is 143 Å². The predicted octanol–water partition coefficient (Wildman–Crippen LogP) is 2.44. The lowest BCUT2D eigenvalue weighted by Gasteiger charge is -2.32. The lowest BCUT2D eigenvalue weighted by molar-refractivity contribution is -0.144. The molecule has 1 aliphatic carbocycles. The molecule has 30 heavy (non-hydrogen) atoms. The first kappa shape index (κ1) is 20.8. The molecule has 2 atom stereocenters. The second kappa shape index (κ2) is 7.86. The van der Waals surface area contributed by atoms with E-state index in [4.69, 9.17) is 14.2 Å². The van der Waals surface area contributed by atoms with Gasteiger partial charge in [0.15, 0.2) is 23.0 Å². The molecule has 0 spiro atoms. The molecule has 0 amide bonds. The lowest BCUT2D eigenvalue weighted by atomic mass is 9.71. The Morgan fingerprint density at radius 1 is 0.933 bits per heavy atom. The van der Waals surface area contributed by atoms with E-state index >= 15 is 0 Å². The van der Waals surface area contributed by atoms with Gasteiger partial charge in [-0.15, -0.1) is 0 Å². The zero-order valence-corrected chi connectivity index (χ0v) is 16.4. The summed E-state index contributed by atoms with van der Waals surface area (Å²) in [5, 5.41) is 40.1. The monoisotopic (exact) mass is 416 g/mol. The van der Waals surface area contributed by atoms with E-state index in [-0.39, 0.29) is 39.9 Å². The van der Waals surface area contributed by atoms with Crippen LogP contribution < -0.4 is 14.2 Å². The Hall–Kier alpha value is -3.88. The highest BCUT2D eigenvalue weighted by Gasteiger charge is 2.43. The number of fused-ring (bicyclic) bond motifs is 1. The average molecular weight is 416 g/mol. The molecular formula is C21H20O9. The van der Waals surface area contributed by atoms with Gasteiger partial charge in [-0.2, -0.15) is 0 Å². The minimum Gasteiger partial charge on any atom is -0.504 e. The number of rotatable bonds is 6. The van der Waals surface area contributed by atoms with Gasteiger partial charge in [0.2, 0.25) is 5.75 Å². The molecule has 0 bridgehead atoms. The van der Waals surface area contributed by atoms with Crippen LogP contribution in [0.2, 0.25) is 0 Å². The van der Waals surface area contributed by atoms with Gasteiger partial charge in [0, 0.05) is 11.5 Å². The molecule has 0 saturated carbocycles. The molecule has 0 fully saturated rings. The summed E-state index contributed by atoms with van der Waals surface area (Å²) >= 11 is 0. The first-order valence-electron chi connectivity index (χ1n) is 8.77. The smallest absolute Gasteiger partial charge is 0.332 e. The number of carboxylic acid groups (broad SMARTS) is 2. The fraction of sp³-hybridized carbons (Fsp3) is 0.238. The number of phenols is 2. The summed E-state index contributed by atoms with van der Waals surface area (Å²) in [5.74, 6) is -5.73. The molecule has 1 aliphatic rings. The molecule has 0 saturated heterocycles. The maximum absolute atomic E-state index is 12.2. The summed E-state index contributed by atoms with van der Waals surface area (Å²) in [5.41, 5.74) is 0.615. The van der Waals surface area contributed by atoms with Gasteiger partial charge in [-0.1, -0.05) is 6.07 Å². The van der Waals surface area contributed by atoms with Gasteiger partial charge in [-0.25, -0.2) is 4.79 Å². The summed E-state index contributed by atoms with van der Waals surface area (Å²) in [6, 6.07) is 5.62. The van der Waals surface area contributed by atoms with E-state index in [1.807, 2.05) is 0 Å². The van der Waals surface area contributed by atoms with Crippen molar-refractivity contribution in [3.05, 3.63) is 46.5 Å². The molecule has 3 rings (SSSR count). The first-order chi connectivity index (χ1) is 14.2. The Morgan fingerprint density at radius 2 is 1.60 bits per heavy atom. The SMILES string of the molecule is COc1cc([C@@H]2c3c(cc(OC)c(O)c3OC)C=C(C(=O)O)[C@H]2C(=O)O)ccc1O. The number of benzene rings is 2. The number of carboxylic acids is 2. The number of aromatic hydroxyl groups is 2. The van der Waals surface area contributed by atoms with Crippen molar-refractivity contribution in [2.24, 2.45) is 5.92 Å². The van der Waals surface area contributed by atoms with Crippen LogP contribution in [-0.2, 0) is 9.59 Å². The highest BCUT2D eigenvalue weighted by Crippen LogP contribution is 2.53. The highest BCUT2D eigenvalue weighted by molar-refractivity contribution is 6.01. The van der Waals surface area contributed by atoms with Crippen molar-refractivity contribution >= 4 is 18.0 Å². The summed E-state index contributed by atoms with van der Waals surface area (Å²) in [6.45, 7) is 0. The van der Waals surface area contributed by atoms with Crippen molar-refractivity contribution in [1.82, 2.24) is 0 Å². The van der Waals surface area contributed by atoms with E-state index in [1.165, 1.54) is 51.7 Å². The van der Waals surface area contributed by atoms with E-state index in [0.717, 1.165) is 0 Å². The summed E-state index contributed by atoms with van der Waals surface area (Å²) < 4.78 is 15.6. The van der Waals surface area contributed by atoms with E-state index in [0.29, 0.717) is 11.1 Å². The van der Waals surface area contributed by atoms with Gasteiger partial charge in [0.1, 0.15) is 0 Å². The standard InChI is InChI=1S/C21H20O9/c1-28-13-7-9(4-5-12(13)22)15-16-10(6-11(20(24)25)17(15)21(26)27)8-14(29-2)18(23)19(16)30-3/h4-8,15,17,22-23H,1-3H3,(H,24,25)(H,26,27)/t15-,17-/m1/s1. The fourth-order valence-electron chi connectivity index (χ4n) is 3.78. The van der Waals surface area contributed by atoms with Crippen molar-refractivity contribution < 1.29 is 44.2 Å². The van der Waals surface area contributed by atoms with Crippen LogP contribution in [0.3, 0.4) is 0 Å². The van der Waals surface area contributed by atoms with Crippen LogP contribution in [0.5, 0.6) is 28.7 Å². The van der Waals surface area contributed by atoms with Crippen molar-refractivity contribution in [3.63, 3.8) is 0 Å². The molecule has 0 aliphatic heterocycles. The zero-order chi connectivity index (χ0) is 22.2. The minimum absolute atomic E-state index is 0.0340. The number of ether oxygens (including phenoxy) is 3. The van der Waals surface area contributed by atoms with Gasteiger partial charge in [-0.3, -0.25) is 4.79 Å². The third-order valence-electron chi connectivity index (χ3n) is 5.08. The Balaban J connectivity index is 2.42. The number of methoxy groups -OCH3 is 3. The van der Waals surface area contributed by atoms with Crippen LogP contribution in [0.25, 0.3) is 6.08 Å². The van der Waals surface area contributed by atoms with E-state index in [1.54, 1.807) is 0 Å². The predicted molar refractivity (Wildman–Crippen MR) is 104 cm³/mol. The second-order valence-electron chi connectivity index (χ2n) is 6.59. The molecular weight excluding hydrogens is 396 g/mol.